The van der Waals surface area contributed by atoms with Crippen molar-refractivity contribution in [2.24, 2.45) is 5.41 Å². The molecule has 0 saturated heterocycles. The van der Waals surface area contributed by atoms with E-state index in [0.717, 1.165) is 5.56 Å². The molecule has 1 atom stereocenters. The fourth-order valence-corrected chi connectivity index (χ4v) is 1.55. The van der Waals surface area contributed by atoms with E-state index < -0.39 is 11.5 Å². The van der Waals surface area contributed by atoms with Crippen molar-refractivity contribution in [3.05, 3.63) is 35.9 Å². The lowest BCUT2D eigenvalue weighted by Crippen LogP contribution is -2.39. The summed E-state index contributed by atoms with van der Waals surface area (Å²) in [7, 11) is 0. The average molecular weight is 236 g/mol. The lowest BCUT2D eigenvalue weighted by molar-refractivity contribution is -0.159. The molecule has 3 nitrogen and oxygen atoms in total. The molecule has 0 radical (unpaired) electrons. The van der Waals surface area contributed by atoms with Crippen LogP contribution < -0.4 is 0 Å². The Kier molecular flexibility index (Phi) is 4.70. The number of hydrogen-bond acceptors (Lipinski definition) is 3. The Bertz CT molecular complexity index is 357. The molecule has 3 heteroatoms. The zero-order chi connectivity index (χ0) is 12.9. The van der Waals surface area contributed by atoms with Gasteiger partial charge < -0.3 is 9.84 Å². The third-order valence-electron chi connectivity index (χ3n) is 2.91. The molecular formula is C14H20O3. The van der Waals surface area contributed by atoms with Crippen LogP contribution in [-0.4, -0.2) is 23.8 Å². The number of rotatable bonds is 5. The monoisotopic (exact) mass is 236 g/mol. The van der Waals surface area contributed by atoms with Crippen molar-refractivity contribution >= 4 is 5.97 Å². The number of aliphatic hydroxyl groups excluding tert-OH is 1. The number of benzene rings is 1. The predicted molar refractivity (Wildman–Crippen MR) is 66.6 cm³/mol. The summed E-state index contributed by atoms with van der Waals surface area (Å²) >= 11 is 0. The van der Waals surface area contributed by atoms with Crippen molar-refractivity contribution in [3.63, 3.8) is 0 Å². The molecule has 0 heterocycles. The van der Waals surface area contributed by atoms with E-state index in [4.69, 9.17) is 4.74 Å². The van der Waals surface area contributed by atoms with Crippen LogP contribution in [0.3, 0.4) is 0 Å². The first-order valence-corrected chi connectivity index (χ1v) is 5.87. The summed E-state index contributed by atoms with van der Waals surface area (Å²) in [5.74, 6) is -0.358. The molecule has 1 aromatic carbocycles. The summed E-state index contributed by atoms with van der Waals surface area (Å²) in [6, 6.07) is 9.63. The summed E-state index contributed by atoms with van der Waals surface area (Å²) < 4.78 is 4.97. The highest BCUT2D eigenvalue weighted by atomic mass is 16.5. The molecule has 0 aliphatic heterocycles. The number of hydrogen-bond donors (Lipinski definition) is 1. The van der Waals surface area contributed by atoms with Gasteiger partial charge in [0.15, 0.2) is 0 Å². The number of carbonyl (C=O) groups excluding carboxylic acids is 1. The maximum absolute atomic E-state index is 11.7. The van der Waals surface area contributed by atoms with Crippen LogP contribution in [0.5, 0.6) is 0 Å². The van der Waals surface area contributed by atoms with Crippen LogP contribution in [0, 0.1) is 5.41 Å². The fourth-order valence-electron chi connectivity index (χ4n) is 1.55. The third kappa shape index (κ3) is 3.56. The van der Waals surface area contributed by atoms with Crippen molar-refractivity contribution in [1.82, 2.24) is 0 Å². The van der Waals surface area contributed by atoms with Crippen LogP contribution in [0.4, 0.5) is 0 Å². The second-order valence-corrected chi connectivity index (χ2v) is 4.65. The first-order chi connectivity index (χ1) is 7.98. The summed E-state index contributed by atoms with van der Waals surface area (Å²) in [4.78, 5) is 11.7. The van der Waals surface area contributed by atoms with E-state index in [0.29, 0.717) is 13.0 Å². The highest BCUT2D eigenvalue weighted by Crippen LogP contribution is 2.25. The molecule has 17 heavy (non-hydrogen) atoms. The summed E-state index contributed by atoms with van der Waals surface area (Å²) in [5, 5.41) is 10.1. The number of esters is 1. The van der Waals surface area contributed by atoms with Crippen molar-refractivity contribution < 1.29 is 14.6 Å². The zero-order valence-electron chi connectivity index (χ0n) is 10.6. The normalized spacial score (nSPS) is 13.2. The molecule has 0 spiro atoms. The lowest BCUT2D eigenvalue weighted by atomic mass is 9.83. The largest absolute Gasteiger partial charge is 0.466 e. The molecule has 0 aliphatic carbocycles. The van der Waals surface area contributed by atoms with Gasteiger partial charge in [-0.3, -0.25) is 4.79 Å². The predicted octanol–water partition coefficient (Wildman–Crippen LogP) is 2.18. The van der Waals surface area contributed by atoms with Crippen LogP contribution in [0.25, 0.3) is 0 Å². The summed E-state index contributed by atoms with van der Waals surface area (Å²) in [5.41, 5.74) is 0.128. The lowest BCUT2D eigenvalue weighted by Gasteiger charge is -2.28. The van der Waals surface area contributed by atoms with Gasteiger partial charge in [-0.15, -0.1) is 0 Å². The number of aliphatic hydroxyl groups is 1. The highest BCUT2D eigenvalue weighted by molar-refractivity contribution is 5.76. The van der Waals surface area contributed by atoms with Crippen LogP contribution in [-0.2, 0) is 16.0 Å². The molecule has 0 saturated carbocycles. The standard InChI is InChI=1S/C14H20O3/c1-4-17-13(16)14(2,3)12(15)10-11-8-6-5-7-9-11/h5-9,12,15H,4,10H2,1-3H3. The first-order valence-electron chi connectivity index (χ1n) is 5.87. The maximum Gasteiger partial charge on any atom is 0.314 e. The fraction of sp³-hybridized carbons (Fsp3) is 0.500. The molecule has 1 aromatic rings. The molecule has 94 valence electrons. The minimum absolute atomic E-state index is 0.334. The van der Waals surface area contributed by atoms with Gasteiger partial charge in [-0.05, 0) is 32.8 Å². The Labute approximate surface area is 102 Å². The Balaban J connectivity index is 2.69. The van der Waals surface area contributed by atoms with Gasteiger partial charge in [0.2, 0.25) is 0 Å². The van der Waals surface area contributed by atoms with E-state index in [1.165, 1.54) is 0 Å². The molecule has 1 unspecified atom stereocenters. The van der Waals surface area contributed by atoms with Gasteiger partial charge >= 0.3 is 5.97 Å². The van der Waals surface area contributed by atoms with Crippen LogP contribution in [0.1, 0.15) is 26.3 Å². The third-order valence-corrected chi connectivity index (χ3v) is 2.91. The molecular weight excluding hydrogens is 216 g/mol. The summed E-state index contributed by atoms with van der Waals surface area (Å²) in [6.45, 7) is 5.51. The molecule has 0 bridgehead atoms. The van der Waals surface area contributed by atoms with Crippen molar-refractivity contribution in [2.45, 2.75) is 33.3 Å². The Morgan fingerprint density at radius 3 is 2.47 bits per heavy atom. The maximum atomic E-state index is 11.7. The van der Waals surface area contributed by atoms with Gasteiger partial charge in [-0.1, -0.05) is 30.3 Å². The molecule has 1 N–H and O–H groups in total. The van der Waals surface area contributed by atoms with Gasteiger partial charge in [0.1, 0.15) is 0 Å². The van der Waals surface area contributed by atoms with E-state index in [-0.39, 0.29) is 5.97 Å². The number of carbonyl (C=O) groups is 1. The van der Waals surface area contributed by atoms with Gasteiger partial charge in [0.25, 0.3) is 0 Å². The highest BCUT2D eigenvalue weighted by Gasteiger charge is 2.37. The van der Waals surface area contributed by atoms with Gasteiger partial charge in [-0.25, -0.2) is 0 Å². The molecule has 1 rings (SSSR count). The number of ether oxygens (including phenoxy) is 1. The molecule has 0 amide bonds. The molecule has 0 aromatic heterocycles. The van der Waals surface area contributed by atoms with Crippen molar-refractivity contribution in [2.75, 3.05) is 6.61 Å². The van der Waals surface area contributed by atoms with Gasteiger partial charge in [0, 0.05) is 0 Å². The van der Waals surface area contributed by atoms with E-state index in [1.807, 2.05) is 30.3 Å². The SMILES string of the molecule is CCOC(=O)C(C)(C)C(O)Cc1ccccc1. The summed E-state index contributed by atoms with van der Waals surface area (Å²) in [6.07, 6.45) is -0.295. The van der Waals surface area contributed by atoms with Crippen molar-refractivity contribution in [1.29, 1.82) is 0 Å². The van der Waals surface area contributed by atoms with Crippen LogP contribution in [0.15, 0.2) is 30.3 Å². The molecule has 0 aliphatic rings. The van der Waals surface area contributed by atoms with Crippen molar-refractivity contribution in [3.8, 4) is 0 Å². The van der Waals surface area contributed by atoms with E-state index in [9.17, 15) is 9.90 Å². The van der Waals surface area contributed by atoms with E-state index in [2.05, 4.69) is 0 Å². The van der Waals surface area contributed by atoms with E-state index in [1.54, 1.807) is 20.8 Å². The second kappa shape index (κ2) is 5.82. The average Bonchev–Trinajstić information content (AvgIpc) is 2.30. The Morgan fingerprint density at radius 2 is 1.94 bits per heavy atom. The second-order valence-electron chi connectivity index (χ2n) is 4.65. The van der Waals surface area contributed by atoms with Gasteiger partial charge in [0.05, 0.1) is 18.1 Å². The minimum Gasteiger partial charge on any atom is -0.466 e. The first kappa shape index (κ1) is 13.7. The van der Waals surface area contributed by atoms with Crippen LogP contribution >= 0.6 is 0 Å². The Morgan fingerprint density at radius 1 is 1.35 bits per heavy atom. The zero-order valence-corrected chi connectivity index (χ0v) is 10.6. The minimum atomic E-state index is -0.883. The smallest absolute Gasteiger partial charge is 0.314 e. The van der Waals surface area contributed by atoms with Gasteiger partial charge in [-0.2, -0.15) is 0 Å². The van der Waals surface area contributed by atoms with Crippen LogP contribution in [0.2, 0.25) is 0 Å². The molecule has 0 fully saturated rings. The topological polar surface area (TPSA) is 46.5 Å². The Hall–Kier alpha value is -1.35. The van der Waals surface area contributed by atoms with E-state index >= 15 is 0 Å². The quantitative estimate of drug-likeness (QED) is 0.797.